The minimum absolute atomic E-state index is 0.506. The van der Waals surface area contributed by atoms with Crippen molar-refractivity contribution in [2.24, 2.45) is 0 Å². The predicted octanol–water partition coefficient (Wildman–Crippen LogP) is 4.18. The highest BCUT2D eigenvalue weighted by molar-refractivity contribution is 6.42. The molecule has 0 atom stereocenters. The molecule has 104 valence electrons. The molecule has 1 heterocycles. The van der Waals surface area contributed by atoms with E-state index < -0.39 is 0 Å². The predicted molar refractivity (Wildman–Crippen MR) is 86.9 cm³/mol. The number of rotatable bonds is 1. The molecule has 0 aliphatic carbocycles. The first kappa shape index (κ1) is 13.6. The van der Waals surface area contributed by atoms with Crippen LogP contribution in [-0.4, -0.2) is 13.1 Å². The van der Waals surface area contributed by atoms with Crippen molar-refractivity contribution in [2.75, 3.05) is 23.7 Å². The first-order chi connectivity index (χ1) is 9.65. The topological polar surface area (TPSA) is 29.3 Å². The lowest BCUT2D eigenvalue weighted by Gasteiger charge is -2.24. The van der Waals surface area contributed by atoms with Gasteiger partial charge in [-0.05, 0) is 36.1 Å². The molecule has 1 aliphatic heterocycles. The van der Waals surface area contributed by atoms with Crippen LogP contribution in [0.3, 0.4) is 0 Å². The average molecular weight is 307 g/mol. The second-order valence-electron chi connectivity index (χ2n) is 5.08. The van der Waals surface area contributed by atoms with Crippen molar-refractivity contribution in [2.45, 2.75) is 12.8 Å². The summed E-state index contributed by atoms with van der Waals surface area (Å²) >= 11 is 12.1. The molecule has 0 fully saturated rings. The van der Waals surface area contributed by atoms with E-state index in [2.05, 4.69) is 29.2 Å². The second kappa shape index (κ2) is 5.55. The average Bonchev–Trinajstić information content (AvgIpc) is 2.65. The van der Waals surface area contributed by atoms with Gasteiger partial charge in [0.05, 0.1) is 21.4 Å². The first-order valence-corrected chi connectivity index (χ1v) is 7.47. The summed E-state index contributed by atoms with van der Waals surface area (Å²) in [6, 6.07) is 12.2. The van der Waals surface area contributed by atoms with Crippen molar-refractivity contribution < 1.29 is 0 Å². The van der Waals surface area contributed by atoms with Crippen molar-refractivity contribution in [3.8, 4) is 0 Å². The van der Waals surface area contributed by atoms with E-state index in [9.17, 15) is 0 Å². The molecule has 2 aromatic rings. The summed E-state index contributed by atoms with van der Waals surface area (Å²) in [7, 11) is 0. The molecule has 0 spiro atoms. The first-order valence-electron chi connectivity index (χ1n) is 6.71. The molecule has 0 saturated heterocycles. The van der Waals surface area contributed by atoms with Gasteiger partial charge in [0.15, 0.2) is 0 Å². The maximum atomic E-state index is 6.12. The molecule has 2 aromatic carbocycles. The third-order valence-corrected chi connectivity index (χ3v) is 4.55. The van der Waals surface area contributed by atoms with E-state index in [1.54, 1.807) is 6.07 Å². The summed E-state index contributed by atoms with van der Waals surface area (Å²) in [4.78, 5) is 2.29. The van der Waals surface area contributed by atoms with Crippen LogP contribution in [0, 0.1) is 0 Å². The second-order valence-corrected chi connectivity index (χ2v) is 5.90. The van der Waals surface area contributed by atoms with Gasteiger partial charge in [0.25, 0.3) is 0 Å². The van der Waals surface area contributed by atoms with Gasteiger partial charge in [-0.3, -0.25) is 0 Å². The quantitative estimate of drug-likeness (QED) is 0.801. The number of fused-ring (bicyclic) bond motifs is 1. The maximum Gasteiger partial charge on any atom is 0.0616 e. The fraction of sp³-hybridized carbons (Fsp3) is 0.250. The summed E-state index contributed by atoms with van der Waals surface area (Å²) in [6.07, 6.45) is 2.05. The fourth-order valence-electron chi connectivity index (χ4n) is 2.73. The van der Waals surface area contributed by atoms with Crippen LogP contribution in [0.15, 0.2) is 36.4 Å². The van der Waals surface area contributed by atoms with Crippen molar-refractivity contribution in [3.05, 3.63) is 57.6 Å². The third kappa shape index (κ3) is 2.58. The SMILES string of the molecule is Nc1cc(Cl)c(Cl)cc1N1CCc2ccccc2CC1. The molecule has 0 aromatic heterocycles. The monoisotopic (exact) mass is 306 g/mol. The van der Waals surface area contributed by atoms with E-state index in [4.69, 9.17) is 28.9 Å². The maximum absolute atomic E-state index is 6.12. The van der Waals surface area contributed by atoms with E-state index >= 15 is 0 Å². The van der Waals surface area contributed by atoms with Gasteiger partial charge in [0.1, 0.15) is 0 Å². The van der Waals surface area contributed by atoms with Crippen LogP contribution in [-0.2, 0) is 12.8 Å². The number of hydrogen-bond acceptors (Lipinski definition) is 2. The summed E-state index contributed by atoms with van der Waals surface area (Å²) in [6.45, 7) is 1.89. The molecule has 2 N–H and O–H groups in total. The van der Waals surface area contributed by atoms with Gasteiger partial charge in [-0.1, -0.05) is 47.5 Å². The van der Waals surface area contributed by atoms with Crippen molar-refractivity contribution >= 4 is 34.6 Å². The molecular weight excluding hydrogens is 291 g/mol. The number of anilines is 2. The van der Waals surface area contributed by atoms with E-state index in [1.807, 2.05) is 6.07 Å². The Morgan fingerprint density at radius 3 is 2.05 bits per heavy atom. The molecule has 20 heavy (non-hydrogen) atoms. The van der Waals surface area contributed by atoms with E-state index in [-0.39, 0.29) is 0 Å². The zero-order valence-corrected chi connectivity index (χ0v) is 12.6. The number of nitrogen functional groups attached to an aromatic ring is 1. The zero-order valence-electron chi connectivity index (χ0n) is 11.1. The highest BCUT2D eigenvalue weighted by Crippen LogP contribution is 2.34. The number of nitrogens with zero attached hydrogens (tertiary/aromatic N) is 1. The summed E-state index contributed by atoms with van der Waals surface area (Å²) in [5, 5.41) is 1.06. The Hall–Kier alpha value is -1.38. The number of benzene rings is 2. The molecule has 0 bridgehead atoms. The molecule has 0 unspecified atom stereocenters. The molecule has 0 saturated carbocycles. The molecule has 0 amide bonds. The van der Waals surface area contributed by atoms with Gasteiger partial charge in [0, 0.05) is 13.1 Å². The summed E-state index contributed by atoms with van der Waals surface area (Å²) in [5.41, 5.74) is 10.6. The number of nitrogens with two attached hydrogens (primary N) is 1. The van der Waals surface area contributed by atoms with Crippen LogP contribution in [0.4, 0.5) is 11.4 Å². The highest BCUT2D eigenvalue weighted by atomic mass is 35.5. The smallest absolute Gasteiger partial charge is 0.0616 e. The van der Waals surface area contributed by atoms with Gasteiger partial charge >= 0.3 is 0 Å². The van der Waals surface area contributed by atoms with Gasteiger partial charge in [-0.15, -0.1) is 0 Å². The number of halogens is 2. The molecule has 0 radical (unpaired) electrons. The van der Waals surface area contributed by atoms with Gasteiger partial charge in [0.2, 0.25) is 0 Å². The highest BCUT2D eigenvalue weighted by Gasteiger charge is 2.17. The van der Waals surface area contributed by atoms with Crippen molar-refractivity contribution in [1.82, 2.24) is 0 Å². The lowest BCUT2D eigenvalue weighted by atomic mass is 10.0. The van der Waals surface area contributed by atoms with E-state index in [0.29, 0.717) is 15.7 Å². The van der Waals surface area contributed by atoms with Crippen LogP contribution in [0.5, 0.6) is 0 Å². The largest absolute Gasteiger partial charge is 0.397 e. The van der Waals surface area contributed by atoms with Crippen LogP contribution in [0.25, 0.3) is 0 Å². The third-order valence-electron chi connectivity index (χ3n) is 3.83. The lowest BCUT2D eigenvalue weighted by Crippen LogP contribution is -2.26. The van der Waals surface area contributed by atoms with Crippen molar-refractivity contribution in [3.63, 3.8) is 0 Å². The van der Waals surface area contributed by atoms with E-state index in [1.165, 1.54) is 11.1 Å². The minimum atomic E-state index is 0.506. The molecular formula is C16H16Cl2N2. The van der Waals surface area contributed by atoms with Crippen LogP contribution < -0.4 is 10.6 Å². The molecule has 3 rings (SSSR count). The standard InChI is InChI=1S/C16H16Cl2N2/c17-13-9-15(19)16(10-14(13)18)20-7-5-11-3-1-2-4-12(11)6-8-20/h1-4,9-10H,5-8,19H2. The van der Waals surface area contributed by atoms with E-state index in [0.717, 1.165) is 31.6 Å². The molecule has 1 aliphatic rings. The summed E-state index contributed by atoms with van der Waals surface area (Å²) in [5.74, 6) is 0. The Morgan fingerprint density at radius 2 is 1.45 bits per heavy atom. The Labute approximate surface area is 129 Å². The minimum Gasteiger partial charge on any atom is -0.397 e. The van der Waals surface area contributed by atoms with Gasteiger partial charge in [-0.25, -0.2) is 0 Å². The Kier molecular flexibility index (Phi) is 3.77. The lowest BCUT2D eigenvalue weighted by molar-refractivity contribution is 0.807. The van der Waals surface area contributed by atoms with Gasteiger partial charge in [-0.2, -0.15) is 0 Å². The zero-order chi connectivity index (χ0) is 14.1. The Balaban J connectivity index is 1.89. The number of hydrogen-bond donors (Lipinski definition) is 1. The fourth-order valence-corrected chi connectivity index (χ4v) is 3.06. The van der Waals surface area contributed by atoms with Crippen LogP contribution in [0.1, 0.15) is 11.1 Å². The van der Waals surface area contributed by atoms with Crippen LogP contribution >= 0.6 is 23.2 Å². The molecule has 4 heteroatoms. The Bertz CT molecular complexity index is 613. The van der Waals surface area contributed by atoms with Crippen molar-refractivity contribution in [1.29, 1.82) is 0 Å². The molecule has 2 nitrogen and oxygen atoms in total. The Morgan fingerprint density at radius 1 is 0.900 bits per heavy atom. The summed E-state index contributed by atoms with van der Waals surface area (Å²) < 4.78 is 0. The normalized spacial score (nSPS) is 14.8. The van der Waals surface area contributed by atoms with Crippen LogP contribution in [0.2, 0.25) is 10.0 Å². The van der Waals surface area contributed by atoms with Gasteiger partial charge < -0.3 is 10.6 Å².